The van der Waals surface area contributed by atoms with E-state index in [1.807, 2.05) is 42.5 Å². The molecule has 0 saturated heterocycles. The number of amides is 1. The number of carboxylic acid groups (broad SMARTS) is 1. The molecule has 0 spiro atoms. The number of carbonyl (C=O) groups excluding carboxylic acids is 1. The molecule has 5 N–H and O–H groups in total. The molecule has 0 atom stereocenters. The zero-order valence-electron chi connectivity index (χ0n) is 38.6. The predicted molar refractivity (Wildman–Crippen MR) is 259 cm³/mol. The number of rotatable bonds is 12. The van der Waals surface area contributed by atoms with E-state index in [-0.39, 0.29) is 33.9 Å². The molecule has 2 saturated carbocycles. The number of para-hydroxylation sites is 1. The molecule has 4 aromatic carbocycles. The summed E-state index contributed by atoms with van der Waals surface area (Å²) in [6.45, 7) is 1.55. The summed E-state index contributed by atoms with van der Waals surface area (Å²) < 4.78 is 24.2. The van der Waals surface area contributed by atoms with Crippen LogP contribution in [0, 0.1) is 12.7 Å². The average Bonchev–Trinajstić information content (AvgIpc) is 3.71. The van der Waals surface area contributed by atoms with Crippen LogP contribution in [0.5, 0.6) is 11.6 Å². The summed E-state index contributed by atoms with van der Waals surface area (Å²) in [6.07, 6.45) is 10.6. The highest BCUT2D eigenvalue weighted by Gasteiger charge is 2.39. The van der Waals surface area contributed by atoms with Crippen molar-refractivity contribution < 1.29 is 28.3 Å². The Bertz CT molecular complexity index is 2520. The number of nitrogens with two attached hydrogens (primary N) is 2. The van der Waals surface area contributed by atoms with E-state index in [1.54, 1.807) is 49.4 Å². The molecule has 0 aliphatic heterocycles. The summed E-state index contributed by atoms with van der Waals surface area (Å²) >= 11 is 5.97. The van der Waals surface area contributed by atoms with E-state index in [0.29, 0.717) is 39.7 Å². The van der Waals surface area contributed by atoms with Gasteiger partial charge >= 0.3 is 5.97 Å². The lowest BCUT2D eigenvalue weighted by atomic mass is 9.72. The van der Waals surface area contributed by atoms with Crippen molar-refractivity contribution in [2.45, 2.75) is 94.2 Å². The molecule has 348 valence electrons. The van der Waals surface area contributed by atoms with Gasteiger partial charge in [0.15, 0.2) is 0 Å². The first-order valence-corrected chi connectivity index (χ1v) is 22.9. The molecular formula is C53H62ClFN6O5. The van der Waals surface area contributed by atoms with E-state index >= 15 is 0 Å². The second kappa shape index (κ2) is 22.5. The Balaban J connectivity index is 0.000000182. The van der Waals surface area contributed by atoms with Crippen LogP contribution in [0.3, 0.4) is 0 Å². The Morgan fingerprint density at radius 2 is 1.47 bits per heavy atom. The number of carboxylic acids is 1. The molecule has 2 heterocycles. The van der Waals surface area contributed by atoms with Crippen LogP contribution in [0.1, 0.15) is 107 Å². The normalized spacial score (nSPS) is 20.4. The Morgan fingerprint density at radius 1 is 0.833 bits per heavy atom. The number of pyridine rings is 1. The van der Waals surface area contributed by atoms with Gasteiger partial charge in [-0.05, 0) is 153 Å². The van der Waals surface area contributed by atoms with E-state index in [0.717, 1.165) is 75.5 Å². The molecule has 2 aliphatic rings. The van der Waals surface area contributed by atoms with Crippen molar-refractivity contribution in [3.8, 4) is 22.9 Å². The highest BCUT2D eigenvalue weighted by atomic mass is 35.5. The van der Waals surface area contributed by atoms with E-state index < -0.39 is 11.9 Å². The molecule has 2 aliphatic carbocycles. The Kier molecular flexibility index (Phi) is 16.9. The van der Waals surface area contributed by atoms with Crippen LogP contribution < -0.4 is 16.2 Å². The number of hydrogen-bond acceptors (Lipinski definition) is 9. The first-order valence-electron chi connectivity index (χ1n) is 22.5. The molecule has 2 fully saturated rings. The number of aromatic nitrogens is 2. The third-order valence-corrected chi connectivity index (χ3v) is 13.7. The first-order chi connectivity index (χ1) is 31.6. The van der Waals surface area contributed by atoms with Crippen LogP contribution in [-0.2, 0) is 12.0 Å². The third-order valence-electron chi connectivity index (χ3n) is 13.4. The predicted octanol–water partition coefficient (Wildman–Crippen LogP) is 11.0. The number of nitrogens with zero attached hydrogens (tertiary/aromatic N) is 4. The Hall–Kier alpha value is -5.92. The Labute approximate surface area is 392 Å². The second-order valence-electron chi connectivity index (χ2n) is 17.8. The average molecular weight is 918 g/mol. The summed E-state index contributed by atoms with van der Waals surface area (Å²) in [4.78, 5) is 32.4. The maximum absolute atomic E-state index is 13.4. The maximum atomic E-state index is 13.4. The SMILES string of the molecule is CN(C)C1(CCc2ccccc2)CCC(c2ccc(C(N)=O)c(Oc3ccccc3)n2)CC1.CN(C)C1(c2cccc(F)c2)CCC(N)CC1.Cc1onc(-c2ccccc2Cl)c1C(=O)O. The van der Waals surface area contributed by atoms with Crippen LogP contribution in [0.4, 0.5) is 4.39 Å². The van der Waals surface area contributed by atoms with Gasteiger partial charge in [-0.25, -0.2) is 14.2 Å². The van der Waals surface area contributed by atoms with Crippen molar-refractivity contribution in [3.05, 3.63) is 166 Å². The van der Waals surface area contributed by atoms with Gasteiger partial charge in [0, 0.05) is 34.3 Å². The van der Waals surface area contributed by atoms with Gasteiger partial charge in [-0.15, -0.1) is 0 Å². The van der Waals surface area contributed by atoms with E-state index in [1.165, 1.54) is 11.6 Å². The topological polar surface area (TPSA) is 161 Å². The van der Waals surface area contributed by atoms with Gasteiger partial charge in [-0.2, -0.15) is 0 Å². The molecule has 0 unspecified atom stereocenters. The fraction of sp³-hybridized carbons (Fsp3) is 0.358. The van der Waals surface area contributed by atoms with Crippen molar-refractivity contribution in [1.82, 2.24) is 19.9 Å². The molecule has 66 heavy (non-hydrogen) atoms. The van der Waals surface area contributed by atoms with Gasteiger partial charge in [0.25, 0.3) is 5.91 Å². The third kappa shape index (κ3) is 12.1. The van der Waals surface area contributed by atoms with Crippen LogP contribution in [-0.4, -0.2) is 76.7 Å². The van der Waals surface area contributed by atoms with Crippen LogP contribution >= 0.6 is 11.6 Å². The quantitative estimate of drug-likeness (QED) is 0.108. The van der Waals surface area contributed by atoms with Gasteiger partial charge in [-0.1, -0.05) is 95.6 Å². The summed E-state index contributed by atoms with van der Waals surface area (Å²) in [7, 11) is 8.55. The summed E-state index contributed by atoms with van der Waals surface area (Å²) in [5.41, 5.74) is 16.3. The van der Waals surface area contributed by atoms with E-state index in [4.69, 9.17) is 42.4 Å². The van der Waals surface area contributed by atoms with Crippen molar-refractivity contribution >= 4 is 23.5 Å². The van der Waals surface area contributed by atoms with Gasteiger partial charge < -0.3 is 30.7 Å². The largest absolute Gasteiger partial charge is 0.477 e. The molecule has 2 aromatic heterocycles. The smallest absolute Gasteiger partial charge is 0.341 e. The number of primary amides is 1. The zero-order chi connectivity index (χ0) is 47.4. The van der Waals surface area contributed by atoms with Crippen molar-refractivity contribution in [2.24, 2.45) is 11.5 Å². The standard InChI is InChI=1S/C28H33N3O2.C14H21FN2.C11H8ClNO3/c1-31(2)28(18-15-21-9-5-3-6-10-21)19-16-22(17-20-28)25-14-13-24(26(29)32)27(30-25)33-23-11-7-4-8-12-23;1-17(2)14(8-6-13(16)7-9-14)11-4-3-5-12(15)10-11;1-6-9(11(14)15)10(13-16-6)7-4-2-3-5-8(7)12/h3-14,22H,15-20H2,1-2H3,(H2,29,32);3-5,10,13H,6-9,16H2,1-2H3;2-5H,1H3,(H,14,15). The highest BCUT2D eigenvalue weighted by molar-refractivity contribution is 6.33. The number of ether oxygens (including phenoxy) is 1. The molecule has 6 aromatic rings. The fourth-order valence-corrected chi connectivity index (χ4v) is 9.52. The zero-order valence-corrected chi connectivity index (χ0v) is 39.3. The first kappa shape index (κ1) is 49.5. The summed E-state index contributed by atoms with van der Waals surface area (Å²) in [5.74, 6) is -0.221. The minimum atomic E-state index is -1.08. The van der Waals surface area contributed by atoms with Crippen LogP contribution in [0.25, 0.3) is 11.3 Å². The molecule has 0 bridgehead atoms. The number of aromatic carboxylic acids is 1. The Morgan fingerprint density at radius 3 is 2.06 bits per heavy atom. The molecule has 13 heteroatoms. The highest BCUT2D eigenvalue weighted by Crippen LogP contribution is 2.43. The van der Waals surface area contributed by atoms with Crippen molar-refractivity contribution in [2.75, 3.05) is 28.2 Å². The van der Waals surface area contributed by atoms with Crippen LogP contribution in [0.15, 0.2) is 126 Å². The monoisotopic (exact) mass is 916 g/mol. The molecule has 0 radical (unpaired) electrons. The minimum absolute atomic E-state index is 0.0437. The summed E-state index contributed by atoms with van der Waals surface area (Å²) in [6, 6.07) is 38.0. The van der Waals surface area contributed by atoms with Gasteiger partial charge in [-0.3, -0.25) is 9.69 Å². The van der Waals surface area contributed by atoms with Gasteiger partial charge in [0.2, 0.25) is 5.88 Å². The van der Waals surface area contributed by atoms with Crippen molar-refractivity contribution in [3.63, 3.8) is 0 Å². The number of carbonyl (C=O) groups is 2. The number of benzene rings is 4. The molecule has 8 rings (SSSR count). The maximum Gasteiger partial charge on any atom is 0.341 e. The second-order valence-corrected chi connectivity index (χ2v) is 18.2. The lowest BCUT2D eigenvalue weighted by Crippen LogP contribution is -2.47. The lowest BCUT2D eigenvalue weighted by molar-refractivity contribution is 0.0695. The van der Waals surface area contributed by atoms with E-state index in [9.17, 15) is 14.0 Å². The number of halogens is 2. The van der Waals surface area contributed by atoms with Gasteiger partial charge in [0.1, 0.15) is 34.1 Å². The molecular weight excluding hydrogens is 855 g/mol. The van der Waals surface area contributed by atoms with Crippen molar-refractivity contribution in [1.29, 1.82) is 0 Å². The fourth-order valence-electron chi connectivity index (χ4n) is 9.29. The minimum Gasteiger partial charge on any atom is -0.477 e. The summed E-state index contributed by atoms with van der Waals surface area (Å²) in [5, 5.41) is 13.2. The number of hydrogen-bond donors (Lipinski definition) is 3. The van der Waals surface area contributed by atoms with E-state index in [2.05, 4.69) is 73.5 Å². The molecule has 1 amide bonds. The van der Waals surface area contributed by atoms with Crippen LogP contribution in [0.2, 0.25) is 5.02 Å². The molecule has 11 nitrogen and oxygen atoms in total. The van der Waals surface area contributed by atoms with Gasteiger partial charge in [0.05, 0.1) is 5.02 Å². The lowest BCUT2D eigenvalue weighted by Gasteiger charge is -2.45. The number of aryl methyl sites for hydroxylation is 2.